The van der Waals surface area contributed by atoms with Crippen molar-refractivity contribution in [2.75, 3.05) is 20.7 Å². The van der Waals surface area contributed by atoms with Crippen LogP contribution >= 0.6 is 12.1 Å². The molecule has 0 spiro atoms. The summed E-state index contributed by atoms with van der Waals surface area (Å²) in [6, 6.07) is -0.833. The molecule has 0 aliphatic carbocycles. The predicted molar refractivity (Wildman–Crippen MR) is 71.2 cm³/mol. The van der Waals surface area contributed by atoms with Crippen molar-refractivity contribution in [2.45, 2.75) is 32.4 Å². The van der Waals surface area contributed by atoms with Crippen LogP contribution in [-0.2, 0) is 14.3 Å². The fourth-order valence-electron chi connectivity index (χ4n) is 1.10. The number of esters is 1. The zero-order valence-electron chi connectivity index (χ0n) is 11.6. The van der Waals surface area contributed by atoms with E-state index < -0.39 is 23.7 Å². The molecule has 8 nitrogen and oxygen atoms in total. The van der Waals surface area contributed by atoms with Gasteiger partial charge >= 0.3 is 12.1 Å². The van der Waals surface area contributed by atoms with Gasteiger partial charge in [-0.25, -0.2) is 9.10 Å². The van der Waals surface area contributed by atoms with E-state index in [2.05, 4.69) is 14.6 Å². The van der Waals surface area contributed by atoms with Crippen molar-refractivity contribution in [3.63, 3.8) is 0 Å². The quantitative estimate of drug-likeness (QED) is 0.448. The lowest BCUT2D eigenvalue weighted by Gasteiger charge is -2.24. The molecule has 0 rings (SSSR count). The lowest BCUT2D eigenvalue weighted by Crippen LogP contribution is -2.45. The molecule has 1 N–H and O–H groups in total. The number of methoxy groups -OCH3 is 1. The van der Waals surface area contributed by atoms with Gasteiger partial charge in [-0.3, -0.25) is 4.79 Å². The first-order valence-electron chi connectivity index (χ1n) is 5.48. The summed E-state index contributed by atoms with van der Waals surface area (Å²) in [5.74, 6) is -0.588. The van der Waals surface area contributed by atoms with Gasteiger partial charge in [-0.15, -0.1) is 4.91 Å². The number of nitrogens with zero attached hydrogens (tertiary/aromatic N) is 2. The van der Waals surface area contributed by atoms with Gasteiger partial charge in [0.1, 0.15) is 23.8 Å². The largest absolute Gasteiger partial charge is 0.468 e. The van der Waals surface area contributed by atoms with Crippen LogP contribution in [0.15, 0.2) is 4.58 Å². The van der Waals surface area contributed by atoms with Crippen LogP contribution < -0.4 is 5.32 Å². The first kappa shape index (κ1) is 17.6. The summed E-state index contributed by atoms with van der Waals surface area (Å²) in [4.78, 5) is 33.1. The van der Waals surface area contributed by atoms with E-state index in [1.807, 2.05) is 0 Å². The van der Waals surface area contributed by atoms with Gasteiger partial charge in [-0.1, -0.05) is 0 Å². The summed E-state index contributed by atoms with van der Waals surface area (Å²) in [5, 5.41) is 2.43. The summed E-state index contributed by atoms with van der Waals surface area (Å²) < 4.78 is 13.5. The van der Waals surface area contributed by atoms with Crippen molar-refractivity contribution < 1.29 is 19.1 Å². The van der Waals surface area contributed by atoms with E-state index in [9.17, 15) is 14.5 Å². The molecule has 110 valence electrons. The molecule has 19 heavy (non-hydrogen) atoms. The second kappa shape index (κ2) is 7.95. The second-order valence-corrected chi connectivity index (χ2v) is 5.51. The number of likely N-dealkylation sites (N-methyl/N-ethyl adjacent to an activating group) is 1. The van der Waals surface area contributed by atoms with Crippen LogP contribution in [0.5, 0.6) is 0 Å². The summed E-state index contributed by atoms with van der Waals surface area (Å²) in [6.45, 7) is 5.12. The summed E-state index contributed by atoms with van der Waals surface area (Å²) in [7, 11) is 2.71. The number of alkyl carbamates (subject to hydrolysis) is 1. The Morgan fingerprint density at radius 1 is 1.42 bits per heavy atom. The van der Waals surface area contributed by atoms with Crippen LogP contribution in [0.4, 0.5) is 4.79 Å². The number of ether oxygens (including phenoxy) is 2. The molecule has 9 heteroatoms. The summed E-state index contributed by atoms with van der Waals surface area (Å²) >= 11 is 0.558. The van der Waals surface area contributed by atoms with Gasteiger partial charge < -0.3 is 14.8 Å². The van der Waals surface area contributed by atoms with E-state index in [0.717, 1.165) is 0 Å². The standard InChI is InChI=1S/C10H19N3O5S/c1-10(2,3)18-9(15)11-6-7(8(14)17-5)13(4)19-12-16/h7H,6H2,1-5H3,(H,11,15). The maximum atomic E-state index is 11.5. The average Bonchev–Trinajstić information content (AvgIpc) is 2.26. The number of amides is 1. The molecule has 1 amide bonds. The minimum Gasteiger partial charge on any atom is -0.468 e. The van der Waals surface area contributed by atoms with Crippen LogP contribution in [0.1, 0.15) is 20.8 Å². The number of carbonyl (C=O) groups excluding carboxylic acids is 2. The van der Waals surface area contributed by atoms with E-state index >= 15 is 0 Å². The average molecular weight is 293 g/mol. The highest BCUT2D eigenvalue weighted by Crippen LogP contribution is 2.13. The molecular weight excluding hydrogens is 274 g/mol. The van der Waals surface area contributed by atoms with Crippen molar-refractivity contribution in [1.82, 2.24) is 9.62 Å². The van der Waals surface area contributed by atoms with E-state index in [4.69, 9.17) is 4.74 Å². The molecule has 0 saturated carbocycles. The molecule has 0 aromatic heterocycles. The Labute approximate surface area is 116 Å². The van der Waals surface area contributed by atoms with Gasteiger partial charge in [-0.2, -0.15) is 0 Å². The number of nitroso groups, excluding NO2 is 1. The van der Waals surface area contributed by atoms with Crippen molar-refractivity contribution >= 4 is 24.2 Å². The van der Waals surface area contributed by atoms with Crippen molar-refractivity contribution in [3.8, 4) is 0 Å². The highest BCUT2D eigenvalue weighted by molar-refractivity contribution is 7.95. The lowest BCUT2D eigenvalue weighted by atomic mass is 10.2. The number of nitrogens with one attached hydrogen (secondary N) is 1. The zero-order chi connectivity index (χ0) is 15.1. The molecule has 0 bridgehead atoms. The molecule has 0 aliphatic rings. The number of rotatable bonds is 6. The molecule has 0 radical (unpaired) electrons. The predicted octanol–water partition coefficient (Wildman–Crippen LogP) is 1.31. The van der Waals surface area contributed by atoms with Gasteiger partial charge in [0.15, 0.2) is 0 Å². The number of hydrogen-bond donors (Lipinski definition) is 1. The maximum absolute atomic E-state index is 11.5. The van der Waals surface area contributed by atoms with Crippen LogP contribution in [0, 0.1) is 4.91 Å². The normalized spacial score (nSPS) is 12.7. The van der Waals surface area contributed by atoms with Gasteiger partial charge in [0, 0.05) is 18.2 Å². The van der Waals surface area contributed by atoms with Crippen LogP contribution in [0.3, 0.4) is 0 Å². The molecule has 0 aliphatic heterocycles. The van der Waals surface area contributed by atoms with Crippen LogP contribution in [-0.4, -0.2) is 48.7 Å². The Bertz CT molecular complexity index is 332. The summed E-state index contributed by atoms with van der Waals surface area (Å²) in [5.41, 5.74) is -0.629. The fourth-order valence-corrected chi connectivity index (χ4v) is 1.48. The van der Waals surface area contributed by atoms with Crippen molar-refractivity contribution in [1.29, 1.82) is 0 Å². The molecule has 0 saturated heterocycles. The van der Waals surface area contributed by atoms with Gasteiger partial charge in [-0.05, 0) is 20.8 Å². The molecule has 0 aromatic rings. The monoisotopic (exact) mass is 293 g/mol. The Morgan fingerprint density at radius 3 is 2.42 bits per heavy atom. The van der Waals surface area contributed by atoms with E-state index in [0.29, 0.717) is 12.1 Å². The van der Waals surface area contributed by atoms with Crippen molar-refractivity contribution in [3.05, 3.63) is 4.91 Å². The van der Waals surface area contributed by atoms with Gasteiger partial charge in [0.2, 0.25) is 0 Å². The molecule has 1 atom stereocenters. The van der Waals surface area contributed by atoms with Crippen molar-refractivity contribution in [2.24, 2.45) is 4.58 Å². The number of carbonyl (C=O) groups is 2. The van der Waals surface area contributed by atoms with E-state index in [1.165, 1.54) is 18.5 Å². The number of hydrogen-bond acceptors (Lipinski definition) is 8. The van der Waals surface area contributed by atoms with Crippen LogP contribution in [0.25, 0.3) is 0 Å². The first-order valence-corrected chi connectivity index (χ1v) is 6.21. The van der Waals surface area contributed by atoms with E-state index in [-0.39, 0.29) is 6.54 Å². The maximum Gasteiger partial charge on any atom is 0.407 e. The van der Waals surface area contributed by atoms with Crippen LogP contribution in [0.2, 0.25) is 0 Å². The summed E-state index contributed by atoms with van der Waals surface area (Å²) in [6.07, 6.45) is -0.654. The highest BCUT2D eigenvalue weighted by Gasteiger charge is 2.27. The zero-order valence-corrected chi connectivity index (χ0v) is 12.4. The highest BCUT2D eigenvalue weighted by atomic mass is 32.2. The fraction of sp³-hybridized carbons (Fsp3) is 0.800. The minimum absolute atomic E-state index is 0.0550. The third kappa shape index (κ3) is 7.62. The van der Waals surface area contributed by atoms with Gasteiger partial charge in [0.05, 0.1) is 7.11 Å². The second-order valence-electron chi connectivity index (χ2n) is 4.62. The Balaban J connectivity index is 4.46. The molecule has 0 heterocycles. The SMILES string of the molecule is COC(=O)C(CNC(=O)OC(C)(C)C)N(C)SN=O. The topological polar surface area (TPSA) is 97.3 Å². The molecule has 1 unspecified atom stereocenters. The molecule has 0 fully saturated rings. The third-order valence-electron chi connectivity index (χ3n) is 1.91. The Morgan fingerprint density at radius 2 is 2.00 bits per heavy atom. The first-order chi connectivity index (χ1) is 8.71. The Hall–Kier alpha value is -1.35. The smallest absolute Gasteiger partial charge is 0.407 e. The Kier molecular flexibility index (Phi) is 7.38. The lowest BCUT2D eigenvalue weighted by molar-refractivity contribution is -0.144. The van der Waals surface area contributed by atoms with E-state index in [1.54, 1.807) is 20.8 Å². The minimum atomic E-state index is -0.833. The third-order valence-corrected chi connectivity index (χ3v) is 2.49. The molecular formula is C10H19N3O5S. The molecule has 0 aromatic carbocycles. The van der Waals surface area contributed by atoms with Gasteiger partial charge in [0.25, 0.3) is 0 Å².